The summed E-state index contributed by atoms with van der Waals surface area (Å²) in [5, 5.41) is 0.788. The van der Waals surface area contributed by atoms with Crippen molar-refractivity contribution in [1.82, 2.24) is 0 Å². The number of hydrogen-bond donors (Lipinski definition) is 0. The molecule has 0 bridgehead atoms. The van der Waals surface area contributed by atoms with Crippen molar-refractivity contribution in [3.05, 3.63) is 62.5 Å². The smallest absolute Gasteiger partial charge is 0.343 e. The van der Waals surface area contributed by atoms with Crippen molar-refractivity contribution in [1.29, 1.82) is 0 Å². The highest BCUT2D eigenvalue weighted by Crippen LogP contribution is 2.28. The van der Waals surface area contributed by atoms with Crippen molar-refractivity contribution >= 4 is 45.1 Å². The van der Waals surface area contributed by atoms with Crippen molar-refractivity contribution in [3.63, 3.8) is 0 Å². The molecule has 2 aromatic rings. The lowest BCUT2D eigenvalue weighted by Gasteiger charge is -2.06. The van der Waals surface area contributed by atoms with Crippen molar-refractivity contribution in [2.45, 2.75) is 0 Å². The molecular formula is C13H7BrCl2O2. The third-order valence-corrected chi connectivity index (χ3v) is 3.24. The van der Waals surface area contributed by atoms with E-state index < -0.39 is 5.97 Å². The number of benzene rings is 2. The highest BCUT2D eigenvalue weighted by Gasteiger charge is 2.11. The molecule has 2 rings (SSSR count). The molecular weight excluding hydrogens is 339 g/mol. The Labute approximate surface area is 123 Å². The van der Waals surface area contributed by atoms with Crippen LogP contribution in [0, 0.1) is 0 Å². The van der Waals surface area contributed by atoms with Crippen LogP contribution < -0.4 is 4.74 Å². The van der Waals surface area contributed by atoms with Gasteiger partial charge in [0.2, 0.25) is 0 Å². The summed E-state index contributed by atoms with van der Waals surface area (Å²) in [6.07, 6.45) is 0. The fourth-order valence-corrected chi connectivity index (χ4v) is 2.01. The van der Waals surface area contributed by atoms with Gasteiger partial charge in [0.15, 0.2) is 0 Å². The summed E-state index contributed by atoms with van der Waals surface area (Å²) >= 11 is 15.0. The number of rotatable bonds is 2. The zero-order valence-electron chi connectivity index (χ0n) is 8.99. The number of carbonyl (C=O) groups excluding carboxylic acids is 1. The van der Waals surface area contributed by atoms with E-state index in [-0.39, 0.29) is 5.75 Å². The maximum Gasteiger partial charge on any atom is 0.343 e. The van der Waals surface area contributed by atoms with Crippen LogP contribution >= 0.6 is 39.1 Å². The molecule has 0 saturated heterocycles. The Morgan fingerprint density at radius 3 is 2.33 bits per heavy atom. The van der Waals surface area contributed by atoms with Crippen LogP contribution in [0.15, 0.2) is 46.9 Å². The first kappa shape index (κ1) is 13.4. The molecule has 0 amide bonds. The van der Waals surface area contributed by atoms with Gasteiger partial charge < -0.3 is 4.74 Å². The Bertz CT molecular complexity index is 582. The van der Waals surface area contributed by atoms with Crippen LogP contribution in [0.5, 0.6) is 5.75 Å². The Kier molecular flexibility index (Phi) is 4.27. The monoisotopic (exact) mass is 344 g/mol. The predicted octanol–water partition coefficient (Wildman–Crippen LogP) is 4.98. The average molecular weight is 346 g/mol. The van der Waals surface area contributed by atoms with Gasteiger partial charge in [0.05, 0.1) is 10.6 Å². The molecule has 0 aliphatic carbocycles. The molecule has 2 aromatic carbocycles. The van der Waals surface area contributed by atoms with E-state index >= 15 is 0 Å². The molecule has 5 heteroatoms. The van der Waals surface area contributed by atoms with Crippen LogP contribution in [0.2, 0.25) is 10.0 Å². The predicted molar refractivity (Wildman–Crippen MR) is 75.6 cm³/mol. The van der Waals surface area contributed by atoms with Crippen molar-refractivity contribution in [2.75, 3.05) is 0 Å². The largest absolute Gasteiger partial charge is 0.421 e. The third-order valence-electron chi connectivity index (χ3n) is 2.18. The molecule has 0 heterocycles. The fraction of sp³-hybridized carbons (Fsp3) is 0. The average Bonchev–Trinajstić information content (AvgIpc) is 2.33. The van der Waals surface area contributed by atoms with Gasteiger partial charge in [-0.15, -0.1) is 0 Å². The lowest BCUT2D eigenvalue weighted by Crippen LogP contribution is -2.08. The van der Waals surface area contributed by atoms with Gasteiger partial charge >= 0.3 is 5.97 Å². The fourth-order valence-electron chi connectivity index (χ4n) is 1.30. The Hall–Kier alpha value is -1.03. The van der Waals surface area contributed by atoms with E-state index in [2.05, 4.69) is 15.9 Å². The minimum absolute atomic E-state index is 0.286. The molecule has 0 saturated carbocycles. The molecule has 0 spiro atoms. The first-order valence-corrected chi connectivity index (χ1v) is 6.54. The van der Waals surface area contributed by atoms with E-state index in [0.717, 1.165) is 4.47 Å². The molecule has 92 valence electrons. The van der Waals surface area contributed by atoms with Gasteiger partial charge in [0, 0.05) is 9.50 Å². The number of carbonyl (C=O) groups is 1. The van der Waals surface area contributed by atoms with Crippen LogP contribution in [-0.2, 0) is 0 Å². The van der Waals surface area contributed by atoms with E-state index in [1.54, 1.807) is 36.4 Å². The topological polar surface area (TPSA) is 26.3 Å². The van der Waals surface area contributed by atoms with Gasteiger partial charge in [-0.25, -0.2) is 4.79 Å². The van der Waals surface area contributed by atoms with Gasteiger partial charge in [-0.3, -0.25) is 0 Å². The lowest BCUT2D eigenvalue weighted by molar-refractivity contribution is 0.0735. The SMILES string of the molecule is O=C(Oc1ccc(Cl)cc1Cl)c1ccc(Br)cc1. The summed E-state index contributed by atoms with van der Waals surface area (Å²) in [5.41, 5.74) is 0.448. The van der Waals surface area contributed by atoms with Gasteiger partial charge in [-0.1, -0.05) is 39.1 Å². The molecule has 2 nitrogen and oxygen atoms in total. The van der Waals surface area contributed by atoms with Gasteiger partial charge in [0.1, 0.15) is 5.75 Å². The summed E-state index contributed by atoms with van der Waals surface area (Å²) < 4.78 is 6.07. The van der Waals surface area contributed by atoms with E-state index in [4.69, 9.17) is 27.9 Å². The first-order valence-electron chi connectivity index (χ1n) is 4.99. The maximum absolute atomic E-state index is 11.8. The molecule has 0 fully saturated rings. The van der Waals surface area contributed by atoms with E-state index in [9.17, 15) is 4.79 Å². The standard InChI is InChI=1S/C13H7BrCl2O2/c14-9-3-1-8(2-4-9)13(17)18-12-6-5-10(15)7-11(12)16/h1-7H. The number of ether oxygens (including phenoxy) is 1. The van der Waals surface area contributed by atoms with Crippen molar-refractivity contribution in [2.24, 2.45) is 0 Å². The number of hydrogen-bond acceptors (Lipinski definition) is 2. The molecule has 18 heavy (non-hydrogen) atoms. The van der Waals surface area contributed by atoms with Crippen molar-refractivity contribution < 1.29 is 9.53 Å². The third kappa shape index (κ3) is 3.25. The molecule has 0 N–H and O–H groups in total. The van der Waals surface area contributed by atoms with Crippen LogP contribution in [0.1, 0.15) is 10.4 Å². The van der Waals surface area contributed by atoms with Crippen LogP contribution in [0.4, 0.5) is 0 Å². The van der Waals surface area contributed by atoms with Crippen LogP contribution in [-0.4, -0.2) is 5.97 Å². The summed E-state index contributed by atoms with van der Waals surface area (Å²) in [4.78, 5) is 11.8. The quantitative estimate of drug-likeness (QED) is 0.567. The second kappa shape index (κ2) is 5.74. The number of halogens is 3. The molecule has 0 unspecified atom stereocenters. The summed E-state index contributed by atoms with van der Waals surface area (Å²) in [6.45, 7) is 0. The van der Waals surface area contributed by atoms with E-state index in [1.807, 2.05) is 0 Å². The first-order chi connectivity index (χ1) is 8.56. The molecule has 0 atom stereocenters. The minimum atomic E-state index is -0.466. The summed E-state index contributed by atoms with van der Waals surface area (Å²) in [5.74, 6) is -0.180. The Morgan fingerprint density at radius 2 is 1.72 bits per heavy atom. The second-order valence-corrected chi connectivity index (χ2v) is 5.23. The Morgan fingerprint density at radius 1 is 1.06 bits per heavy atom. The van der Waals surface area contributed by atoms with E-state index in [1.165, 1.54) is 6.07 Å². The molecule has 0 aliphatic heterocycles. The minimum Gasteiger partial charge on any atom is -0.421 e. The zero-order chi connectivity index (χ0) is 13.1. The van der Waals surface area contributed by atoms with E-state index in [0.29, 0.717) is 15.6 Å². The maximum atomic E-state index is 11.8. The van der Waals surface area contributed by atoms with Gasteiger partial charge in [-0.05, 0) is 42.5 Å². The highest BCUT2D eigenvalue weighted by atomic mass is 79.9. The number of esters is 1. The Balaban J connectivity index is 2.18. The van der Waals surface area contributed by atoms with Gasteiger partial charge in [-0.2, -0.15) is 0 Å². The normalized spacial score (nSPS) is 10.2. The molecule has 0 aliphatic rings. The molecule has 0 radical (unpaired) electrons. The van der Waals surface area contributed by atoms with Crippen LogP contribution in [0.3, 0.4) is 0 Å². The molecule has 0 aromatic heterocycles. The summed E-state index contributed by atoms with van der Waals surface area (Å²) in [7, 11) is 0. The van der Waals surface area contributed by atoms with Gasteiger partial charge in [0.25, 0.3) is 0 Å². The van der Waals surface area contributed by atoms with Crippen LogP contribution in [0.25, 0.3) is 0 Å². The van der Waals surface area contributed by atoms with Crippen molar-refractivity contribution in [3.8, 4) is 5.75 Å². The summed E-state index contributed by atoms with van der Waals surface area (Å²) in [6, 6.07) is 11.5. The second-order valence-electron chi connectivity index (χ2n) is 3.47. The lowest BCUT2D eigenvalue weighted by atomic mass is 10.2. The highest BCUT2D eigenvalue weighted by molar-refractivity contribution is 9.10. The zero-order valence-corrected chi connectivity index (χ0v) is 12.1.